The number of nitrogens with one attached hydrogen (secondary N) is 2. The van der Waals surface area contributed by atoms with E-state index >= 15 is 0 Å². The van der Waals surface area contributed by atoms with Crippen LogP contribution < -0.4 is 10.6 Å². The molecule has 252 valence electrons. The van der Waals surface area contributed by atoms with Crippen molar-refractivity contribution in [2.45, 2.75) is 84.6 Å². The zero-order valence-electron chi connectivity index (χ0n) is 27.6. The van der Waals surface area contributed by atoms with Gasteiger partial charge >= 0.3 is 18.2 Å². The molecule has 14 nitrogen and oxygen atoms in total. The number of benzene rings is 1. The molecule has 14 heteroatoms. The van der Waals surface area contributed by atoms with Crippen LogP contribution in [0.5, 0.6) is 0 Å². The molecule has 4 rings (SSSR count). The van der Waals surface area contributed by atoms with Crippen molar-refractivity contribution >= 4 is 18.2 Å². The van der Waals surface area contributed by atoms with Crippen LogP contribution in [0.1, 0.15) is 88.8 Å². The van der Waals surface area contributed by atoms with Gasteiger partial charge in [-0.05, 0) is 58.9 Å². The average molecular weight is 652 g/mol. The highest BCUT2D eigenvalue weighted by Crippen LogP contribution is 2.31. The number of ether oxygens (including phenoxy) is 3. The van der Waals surface area contributed by atoms with Gasteiger partial charge in [-0.1, -0.05) is 43.7 Å². The van der Waals surface area contributed by atoms with Crippen LogP contribution in [0.25, 0.3) is 23.2 Å². The maximum atomic E-state index is 13.0. The molecule has 3 aromatic heterocycles. The van der Waals surface area contributed by atoms with Gasteiger partial charge in [-0.15, -0.1) is 0 Å². The van der Waals surface area contributed by atoms with E-state index in [1.54, 1.807) is 20.8 Å². The Balaban J connectivity index is 1.51. The quantitative estimate of drug-likeness (QED) is 0.113. The molecule has 0 bridgehead atoms. The van der Waals surface area contributed by atoms with Crippen LogP contribution in [0.15, 0.2) is 62.4 Å². The van der Waals surface area contributed by atoms with Crippen LogP contribution in [0, 0.1) is 5.92 Å². The molecule has 2 unspecified atom stereocenters. The predicted molar refractivity (Wildman–Crippen MR) is 168 cm³/mol. The van der Waals surface area contributed by atoms with Crippen molar-refractivity contribution in [1.29, 1.82) is 0 Å². The molecule has 47 heavy (non-hydrogen) atoms. The molecule has 2 amide bonds. The monoisotopic (exact) mass is 651 g/mol. The molecule has 0 aliphatic rings. The first-order chi connectivity index (χ1) is 22.2. The minimum atomic E-state index is -0.696. The number of rotatable bonds is 13. The van der Waals surface area contributed by atoms with Crippen molar-refractivity contribution in [2.75, 3.05) is 7.11 Å². The third-order valence-corrected chi connectivity index (χ3v) is 6.95. The molecule has 0 fully saturated rings. The molecule has 0 aliphatic heterocycles. The van der Waals surface area contributed by atoms with Crippen LogP contribution in [-0.2, 0) is 20.8 Å². The Morgan fingerprint density at radius 2 is 1.53 bits per heavy atom. The molecule has 0 aliphatic carbocycles. The Bertz CT molecular complexity index is 1630. The number of nitrogens with zero attached hydrogens (tertiary/aromatic N) is 3. The summed E-state index contributed by atoms with van der Waals surface area (Å²) >= 11 is 0. The smallest absolute Gasteiger partial charge is 0.408 e. The molecule has 1 aromatic carbocycles. The third-order valence-electron chi connectivity index (χ3n) is 6.95. The molecule has 2 N–H and O–H groups in total. The molecular formula is C33H41N5O9. The summed E-state index contributed by atoms with van der Waals surface area (Å²) in [6.45, 7) is 11.4. The fourth-order valence-corrected chi connectivity index (χ4v) is 4.83. The normalized spacial score (nSPS) is 13.0. The Hall–Kier alpha value is -5.14. The van der Waals surface area contributed by atoms with Crippen molar-refractivity contribution in [2.24, 2.45) is 5.92 Å². The number of esters is 1. The lowest BCUT2D eigenvalue weighted by Gasteiger charge is -2.32. The maximum Gasteiger partial charge on any atom is 0.408 e. The molecule has 0 saturated carbocycles. The second-order valence-electron chi connectivity index (χ2n) is 12.6. The van der Waals surface area contributed by atoms with Crippen LogP contribution in [-0.4, -0.2) is 51.4 Å². The van der Waals surface area contributed by atoms with Gasteiger partial charge in [-0.3, -0.25) is 0 Å². The Morgan fingerprint density at radius 1 is 0.872 bits per heavy atom. The number of carbonyl (C=O) groups is 3. The summed E-state index contributed by atoms with van der Waals surface area (Å²) in [5.74, 6) is -0.278. The van der Waals surface area contributed by atoms with Crippen molar-refractivity contribution < 1.29 is 41.8 Å². The summed E-state index contributed by atoms with van der Waals surface area (Å²) in [6.07, 6.45) is 4.39. The molecular weight excluding hydrogens is 610 g/mol. The highest BCUT2D eigenvalue weighted by molar-refractivity contribution is 5.87. The Labute approximate surface area is 272 Å². The van der Waals surface area contributed by atoms with Gasteiger partial charge in [0.05, 0.1) is 7.11 Å². The zero-order chi connectivity index (χ0) is 34.2. The topological polar surface area (TPSA) is 181 Å². The minimum Gasteiger partial charge on any atom is -0.464 e. The van der Waals surface area contributed by atoms with Crippen molar-refractivity contribution in [3.8, 4) is 23.2 Å². The van der Waals surface area contributed by atoms with Gasteiger partial charge < -0.3 is 38.1 Å². The van der Waals surface area contributed by atoms with Gasteiger partial charge in [0.15, 0.2) is 17.1 Å². The standard InChI is InChI=1S/C33H41N5O9/c1-8-20(15-33(5,6)38-31(41)47-32(2,3)4)14-22(37-30(40)46-16-21-12-10-9-11-13-21)26-34-23(17-43-26)27-35-24(18-44-27)28-36-25(19-45-28)29(39)42-7/h9-13,17-20,22H,8,14-16H2,1-7H3,(H,37,40)(H,38,41). The minimum absolute atomic E-state index is 0.0112. The van der Waals surface area contributed by atoms with Crippen molar-refractivity contribution in [3.63, 3.8) is 0 Å². The zero-order valence-corrected chi connectivity index (χ0v) is 27.6. The number of carbonyl (C=O) groups excluding carboxylic acids is 3. The number of hydrogen-bond acceptors (Lipinski definition) is 12. The maximum absolute atomic E-state index is 13.0. The summed E-state index contributed by atoms with van der Waals surface area (Å²) in [5, 5.41) is 5.84. The van der Waals surface area contributed by atoms with E-state index in [1.165, 1.54) is 19.6 Å². The van der Waals surface area contributed by atoms with E-state index in [0.29, 0.717) is 12.8 Å². The van der Waals surface area contributed by atoms with Gasteiger partial charge in [-0.2, -0.15) is 0 Å². The van der Waals surface area contributed by atoms with Crippen LogP contribution in [0.4, 0.5) is 9.59 Å². The first-order valence-corrected chi connectivity index (χ1v) is 15.2. The summed E-state index contributed by atoms with van der Waals surface area (Å²) in [4.78, 5) is 50.2. The second kappa shape index (κ2) is 15.0. The van der Waals surface area contributed by atoms with Crippen molar-refractivity contribution in [1.82, 2.24) is 25.6 Å². The van der Waals surface area contributed by atoms with Gasteiger partial charge in [0.25, 0.3) is 0 Å². The highest BCUT2D eigenvalue weighted by Gasteiger charge is 2.31. The Morgan fingerprint density at radius 3 is 2.21 bits per heavy atom. The van der Waals surface area contributed by atoms with Gasteiger partial charge in [0.1, 0.15) is 37.0 Å². The average Bonchev–Trinajstić information content (AvgIpc) is 3.79. The number of methoxy groups -OCH3 is 1. The van der Waals surface area contributed by atoms with E-state index < -0.39 is 35.3 Å². The van der Waals surface area contributed by atoms with Crippen molar-refractivity contribution in [3.05, 3.63) is 66.3 Å². The van der Waals surface area contributed by atoms with Crippen LogP contribution in [0.2, 0.25) is 0 Å². The second-order valence-corrected chi connectivity index (χ2v) is 12.6. The summed E-state index contributed by atoms with van der Waals surface area (Å²) in [6, 6.07) is 8.62. The highest BCUT2D eigenvalue weighted by atomic mass is 16.6. The SMILES string of the molecule is CCC(CC(NC(=O)OCc1ccccc1)c1nc(-c2nc(-c3nc(C(=O)OC)co3)co2)co1)CC(C)(C)NC(=O)OC(C)(C)C. The third kappa shape index (κ3) is 10.2. The lowest BCUT2D eigenvalue weighted by Crippen LogP contribution is -2.47. The van der Waals surface area contributed by atoms with E-state index in [-0.39, 0.29) is 47.3 Å². The van der Waals surface area contributed by atoms with Gasteiger partial charge in [-0.25, -0.2) is 29.3 Å². The fraction of sp³-hybridized carbons (Fsp3) is 0.455. The predicted octanol–water partition coefficient (Wildman–Crippen LogP) is 6.85. The van der Waals surface area contributed by atoms with E-state index in [2.05, 4.69) is 30.3 Å². The number of hydrogen-bond donors (Lipinski definition) is 2. The number of amides is 2. The van der Waals surface area contributed by atoms with E-state index in [1.807, 2.05) is 51.1 Å². The van der Waals surface area contributed by atoms with Crippen LogP contribution >= 0.6 is 0 Å². The molecule has 0 radical (unpaired) electrons. The first-order valence-electron chi connectivity index (χ1n) is 15.2. The molecule has 3 heterocycles. The van der Waals surface area contributed by atoms with Gasteiger partial charge in [0, 0.05) is 5.54 Å². The Kier molecular flexibility index (Phi) is 11.1. The molecule has 2 atom stereocenters. The van der Waals surface area contributed by atoms with Gasteiger partial charge in [0.2, 0.25) is 17.7 Å². The molecule has 0 saturated heterocycles. The van der Waals surface area contributed by atoms with E-state index in [0.717, 1.165) is 18.2 Å². The molecule has 4 aromatic rings. The number of alkyl carbamates (subject to hydrolysis) is 2. The first kappa shape index (κ1) is 34.7. The molecule has 0 spiro atoms. The van der Waals surface area contributed by atoms with Crippen LogP contribution in [0.3, 0.4) is 0 Å². The summed E-state index contributed by atoms with van der Waals surface area (Å²) in [5.41, 5.74) is 0.0551. The largest absolute Gasteiger partial charge is 0.464 e. The lowest BCUT2D eigenvalue weighted by atomic mass is 9.85. The van der Waals surface area contributed by atoms with E-state index in [9.17, 15) is 14.4 Å². The van der Waals surface area contributed by atoms with E-state index in [4.69, 9.17) is 22.7 Å². The number of aromatic nitrogens is 3. The summed E-state index contributed by atoms with van der Waals surface area (Å²) in [7, 11) is 1.24. The fourth-order valence-electron chi connectivity index (χ4n) is 4.83. The number of oxazole rings is 3. The summed E-state index contributed by atoms with van der Waals surface area (Å²) < 4.78 is 32.4. The lowest BCUT2D eigenvalue weighted by molar-refractivity contribution is 0.0455.